The van der Waals surface area contributed by atoms with Crippen LogP contribution in [-0.2, 0) is 18.3 Å². The standard InChI is InChI=1S/C16H25ClO5S/c1-15(2,9-22-23(17,20)21)8-13-12-4-10-3-11(5-12)7-16(13,6-10)14(18)19/h10-13H,3-9H2,1-2H3,(H,18,19). The first kappa shape index (κ1) is 17.5. The summed E-state index contributed by atoms with van der Waals surface area (Å²) in [7, 11) is 1.14. The monoisotopic (exact) mass is 364 g/mol. The third kappa shape index (κ3) is 3.40. The van der Waals surface area contributed by atoms with Gasteiger partial charge in [-0.3, -0.25) is 8.98 Å². The summed E-state index contributed by atoms with van der Waals surface area (Å²) in [5.74, 6) is 1.00. The molecule has 3 atom stereocenters. The molecule has 0 aromatic rings. The van der Waals surface area contributed by atoms with Crippen molar-refractivity contribution in [2.45, 2.75) is 52.4 Å². The molecule has 0 spiro atoms. The van der Waals surface area contributed by atoms with Gasteiger partial charge in [-0.25, -0.2) is 0 Å². The van der Waals surface area contributed by atoms with Crippen LogP contribution >= 0.6 is 10.7 Å². The normalized spacial score (nSPS) is 39.6. The molecule has 4 saturated carbocycles. The number of hydrogen-bond acceptors (Lipinski definition) is 4. The van der Waals surface area contributed by atoms with E-state index in [1.54, 1.807) is 0 Å². The summed E-state index contributed by atoms with van der Waals surface area (Å²) in [6, 6.07) is 0. The highest BCUT2D eigenvalue weighted by Gasteiger charge is 2.61. The van der Waals surface area contributed by atoms with Gasteiger partial charge in [0.05, 0.1) is 12.0 Å². The van der Waals surface area contributed by atoms with Gasteiger partial charge in [0.1, 0.15) is 0 Å². The summed E-state index contributed by atoms with van der Waals surface area (Å²) < 4.78 is 26.8. The molecule has 4 bridgehead atoms. The topological polar surface area (TPSA) is 80.7 Å². The van der Waals surface area contributed by atoms with Gasteiger partial charge in [-0.05, 0) is 67.6 Å². The molecule has 0 aromatic heterocycles. The highest BCUT2D eigenvalue weighted by molar-refractivity contribution is 8.09. The fourth-order valence-electron chi connectivity index (χ4n) is 5.73. The minimum absolute atomic E-state index is 0.00932. The van der Waals surface area contributed by atoms with E-state index < -0.39 is 26.1 Å². The molecular weight excluding hydrogens is 340 g/mol. The summed E-state index contributed by atoms with van der Waals surface area (Å²) in [4.78, 5) is 12.1. The third-order valence-electron chi connectivity index (χ3n) is 6.31. The first-order chi connectivity index (χ1) is 10.5. The van der Waals surface area contributed by atoms with Gasteiger partial charge in [-0.2, -0.15) is 8.42 Å². The average Bonchev–Trinajstić information content (AvgIpc) is 2.39. The Morgan fingerprint density at radius 2 is 1.83 bits per heavy atom. The smallest absolute Gasteiger partial charge is 0.355 e. The molecule has 0 aliphatic heterocycles. The molecule has 3 unspecified atom stereocenters. The number of hydrogen-bond donors (Lipinski definition) is 1. The van der Waals surface area contributed by atoms with Crippen LogP contribution in [0, 0.1) is 34.5 Å². The molecule has 0 heterocycles. The van der Waals surface area contributed by atoms with E-state index >= 15 is 0 Å². The quantitative estimate of drug-likeness (QED) is 0.730. The minimum Gasteiger partial charge on any atom is -0.481 e. The second kappa shape index (κ2) is 5.60. The SMILES string of the molecule is CC(C)(COS(=O)(=O)Cl)CC1C2CC3CC(C2)CC1(C(=O)O)C3. The maximum absolute atomic E-state index is 12.1. The lowest BCUT2D eigenvalue weighted by Crippen LogP contribution is -2.57. The largest absolute Gasteiger partial charge is 0.481 e. The second-order valence-corrected chi connectivity index (χ2v) is 10.9. The van der Waals surface area contributed by atoms with Crippen LogP contribution < -0.4 is 0 Å². The Labute approximate surface area is 142 Å². The number of halogens is 1. The maximum atomic E-state index is 12.1. The van der Waals surface area contributed by atoms with Crippen molar-refractivity contribution in [3.63, 3.8) is 0 Å². The van der Waals surface area contributed by atoms with Crippen LogP contribution in [0.1, 0.15) is 52.4 Å². The Morgan fingerprint density at radius 1 is 1.26 bits per heavy atom. The fourth-order valence-corrected chi connectivity index (χ4v) is 6.32. The van der Waals surface area contributed by atoms with Gasteiger partial charge < -0.3 is 5.11 Å². The Balaban J connectivity index is 1.79. The minimum atomic E-state index is -3.99. The van der Waals surface area contributed by atoms with Gasteiger partial charge >= 0.3 is 15.3 Å². The van der Waals surface area contributed by atoms with Crippen LogP contribution in [0.2, 0.25) is 0 Å². The summed E-state index contributed by atoms with van der Waals surface area (Å²) in [6.07, 6.45) is 5.67. The van der Waals surface area contributed by atoms with Crippen molar-refractivity contribution >= 4 is 26.0 Å². The Bertz CT molecular complexity index is 586. The van der Waals surface area contributed by atoms with E-state index in [-0.39, 0.29) is 12.5 Å². The van der Waals surface area contributed by atoms with Crippen molar-refractivity contribution in [3.05, 3.63) is 0 Å². The lowest BCUT2D eigenvalue weighted by atomic mass is 9.43. The second-order valence-electron chi connectivity index (χ2n) is 8.70. The zero-order chi connectivity index (χ0) is 17.0. The van der Waals surface area contributed by atoms with Gasteiger partial charge in [0.2, 0.25) is 0 Å². The Hall–Kier alpha value is -0.330. The van der Waals surface area contributed by atoms with Crippen molar-refractivity contribution in [3.8, 4) is 0 Å². The Kier molecular flexibility index (Phi) is 4.26. The van der Waals surface area contributed by atoms with Crippen LogP contribution in [0.4, 0.5) is 0 Å². The predicted molar refractivity (Wildman–Crippen MR) is 86.2 cm³/mol. The summed E-state index contributed by atoms with van der Waals surface area (Å²) in [5.41, 5.74) is -1.05. The van der Waals surface area contributed by atoms with Crippen molar-refractivity contribution in [1.82, 2.24) is 0 Å². The van der Waals surface area contributed by atoms with Crippen molar-refractivity contribution < 1.29 is 22.5 Å². The maximum Gasteiger partial charge on any atom is 0.355 e. The van der Waals surface area contributed by atoms with Crippen LogP contribution in [0.5, 0.6) is 0 Å². The van der Waals surface area contributed by atoms with Gasteiger partial charge in [0.25, 0.3) is 0 Å². The number of carbonyl (C=O) groups is 1. The number of carboxylic acids is 1. The molecule has 4 aliphatic rings. The molecule has 0 radical (unpaired) electrons. The summed E-state index contributed by atoms with van der Waals surface area (Å²) >= 11 is 0. The van der Waals surface area contributed by atoms with Gasteiger partial charge in [-0.15, -0.1) is 0 Å². The van der Waals surface area contributed by atoms with Gasteiger partial charge in [-0.1, -0.05) is 13.8 Å². The van der Waals surface area contributed by atoms with E-state index in [2.05, 4.69) is 0 Å². The van der Waals surface area contributed by atoms with Gasteiger partial charge in [0, 0.05) is 10.7 Å². The summed E-state index contributed by atoms with van der Waals surface area (Å²) in [5, 5.41) is 9.96. The van der Waals surface area contributed by atoms with E-state index in [0.29, 0.717) is 24.2 Å². The van der Waals surface area contributed by atoms with Crippen LogP contribution in [0.25, 0.3) is 0 Å². The highest BCUT2D eigenvalue weighted by Crippen LogP contribution is 2.64. The highest BCUT2D eigenvalue weighted by atomic mass is 35.7. The molecule has 1 N–H and O–H groups in total. The van der Waals surface area contributed by atoms with Crippen LogP contribution in [0.3, 0.4) is 0 Å². The fraction of sp³-hybridized carbons (Fsp3) is 0.938. The van der Waals surface area contributed by atoms with E-state index in [9.17, 15) is 18.3 Å². The number of rotatable bonds is 6. The molecule has 132 valence electrons. The zero-order valence-electron chi connectivity index (χ0n) is 13.6. The summed E-state index contributed by atoms with van der Waals surface area (Å²) in [6.45, 7) is 3.84. The number of aliphatic carboxylic acids is 1. The third-order valence-corrected chi connectivity index (χ3v) is 6.98. The molecule has 0 saturated heterocycles. The predicted octanol–water partition coefficient (Wildman–Crippen LogP) is 3.43. The van der Waals surface area contributed by atoms with Crippen molar-refractivity contribution in [2.24, 2.45) is 34.5 Å². The molecule has 4 aliphatic carbocycles. The van der Waals surface area contributed by atoms with Crippen molar-refractivity contribution in [1.29, 1.82) is 0 Å². The van der Waals surface area contributed by atoms with E-state index in [1.807, 2.05) is 13.8 Å². The lowest BCUT2D eigenvalue weighted by Gasteiger charge is -2.60. The molecule has 0 aromatic carbocycles. The first-order valence-corrected chi connectivity index (χ1v) is 10.6. The van der Waals surface area contributed by atoms with E-state index in [0.717, 1.165) is 25.7 Å². The van der Waals surface area contributed by atoms with E-state index in [4.69, 9.17) is 14.9 Å². The molecule has 4 fully saturated rings. The van der Waals surface area contributed by atoms with Gasteiger partial charge in [0.15, 0.2) is 0 Å². The first-order valence-electron chi connectivity index (χ1n) is 8.33. The molecule has 4 rings (SSSR count). The van der Waals surface area contributed by atoms with Crippen LogP contribution in [0.15, 0.2) is 0 Å². The molecule has 7 heteroatoms. The van der Waals surface area contributed by atoms with Crippen molar-refractivity contribution in [2.75, 3.05) is 6.61 Å². The van der Waals surface area contributed by atoms with E-state index in [1.165, 1.54) is 6.42 Å². The Morgan fingerprint density at radius 3 is 2.30 bits per heavy atom. The molecule has 23 heavy (non-hydrogen) atoms. The lowest BCUT2D eigenvalue weighted by molar-refractivity contribution is -0.181. The molecule has 5 nitrogen and oxygen atoms in total. The van der Waals surface area contributed by atoms with Crippen LogP contribution in [-0.4, -0.2) is 26.1 Å². The molecule has 0 amide bonds. The zero-order valence-corrected chi connectivity index (χ0v) is 15.2. The average molecular weight is 365 g/mol. The molecular formula is C16H25ClO5S. The number of carboxylic acid groups (broad SMARTS) is 1.